The van der Waals surface area contributed by atoms with Crippen LogP contribution in [0, 0.1) is 0 Å². The molecule has 0 aliphatic rings. The van der Waals surface area contributed by atoms with E-state index in [1.807, 2.05) is 43.3 Å². The van der Waals surface area contributed by atoms with Crippen molar-refractivity contribution in [3.63, 3.8) is 0 Å². The second-order valence-corrected chi connectivity index (χ2v) is 6.49. The van der Waals surface area contributed by atoms with Crippen LogP contribution in [-0.2, 0) is 11.2 Å². The number of carbonyl (C=O) groups is 1. The van der Waals surface area contributed by atoms with Crippen LogP contribution in [-0.4, -0.2) is 15.9 Å². The zero-order valence-corrected chi connectivity index (χ0v) is 14.3. The first-order valence-electron chi connectivity index (χ1n) is 7.99. The number of H-pyrrole nitrogens is 1. The SMILES string of the molecule is CC(NC(=O)Cc1ccc2nc[nH]c2c1)c1cc2cc(Cl)ccc2o1. The van der Waals surface area contributed by atoms with Crippen LogP contribution in [0.4, 0.5) is 0 Å². The van der Waals surface area contributed by atoms with Gasteiger partial charge in [-0.25, -0.2) is 4.98 Å². The molecule has 1 amide bonds. The van der Waals surface area contributed by atoms with E-state index in [0.29, 0.717) is 17.2 Å². The average molecular weight is 354 g/mol. The van der Waals surface area contributed by atoms with Gasteiger partial charge in [0.05, 0.1) is 29.8 Å². The van der Waals surface area contributed by atoms with Crippen LogP contribution < -0.4 is 5.32 Å². The Morgan fingerprint density at radius 3 is 3.04 bits per heavy atom. The molecular formula is C19H16ClN3O2. The van der Waals surface area contributed by atoms with Crippen molar-refractivity contribution in [3.8, 4) is 0 Å². The maximum Gasteiger partial charge on any atom is 0.225 e. The van der Waals surface area contributed by atoms with Crippen LogP contribution in [0.15, 0.2) is 53.2 Å². The molecule has 25 heavy (non-hydrogen) atoms. The first kappa shape index (κ1) is 15.7. The van der Waals surface area contributed by atoms with Gasteiger partial charge in [0, 0.05) is 10.4 Å². The smallest absolute Gasteiger partial charge is 0.225 e. The normalized spacial score (nSPS) is 12.6. The van der Waals surface area contributed by atoms with Crippen LogP contribution in [0.3, 0.4) is 0 Å². The van der Waals surface area contributed by atoms with Crippen LogP contribution in [0.2, 0.25) is 5.02 Å². The number of rotatable bonds is 4. The molecule has 0 radical (unpaired) electrons. The number of aromatic amines is 1. The first-order valence-corrected chi connectivity index (χ1v) is 8.37. The van der Waals surface area contributed by atoms with Crippen molar-refractivity contribution >= 4 is 39.5 Å². The molecule has 126 valence electrons. The maximum atomic E-state index is 12.3. The summed E-state index contributed by atoms with van der Waals surface area (Å²) in [5, 5.41) is 4.55. The topological polar surface area (TPSA) is 70.9 Å². The van der Waals surface area contributed by atoms with Crippen LogP contribution in [0.5, 0.6) is 0 Å². The molecular weight excluding hydrogens is 338 g/mol. The van der Waals surface area contributed by atoms with Gasteiger partial charge in [0.1, 0.15) is 11.3 Å². The number of imidazole rings is 1. The van der Waals surface area contributed by atoms with E-state index >= 15 is 0 Å². The predicted molar refractivity (Wildman–Crippen MR) is 97.6 cm³/mol. The minimum absolute atomic E-state index is 0.0650. The number of hydrogen-bond donors (Lipinski definition) is 2. The van der Waals surface area contributed by atoms with Crippen molar-refractivity contribution < 1.29 is 9.21 Å². The molecule has 2 aromatic carbocycles. The summed E-state index contributed by atoms with van der Waals surface area (Å²) in [4.78, 5) is 19.6. The molecule has 6 heteroatoms. The molecule has 2 heterocycles. The molecule has 1 atom stereocenters. The molecule has 0 aliphatic heterocycles. The van der Waals surface area contributed by atoms with Gasteiger partial charge in [-0.1, -0.05) is 17.7 Å². The van der Waals surface area contributed by atoms with Crippen molar-refractivity contribution in [1.29, 1.82) is 0 Å². The van der Waals surface area contributed by atoms with Crippen molar-refractivity contribution in [3.05, 3.63) is 65.1 Å². The minimum atomic E-state index is -0.227. The van der Waals surface area contributed by atoms with Gasteiger partial charge in [-0.3, -0.25) is 4.79 Å². The zero-order chi connectivity index (χ0) is 17.4. The van der Waals surface area contributed by atoms with Crippen molar-refractivity contribution in [2.45, 2.75) is 19.4 Å². The summed E-state index contributed by atoms with van der Waals surface area (Å²) in [5.74, 6) is 0.638. The molecule has 4 aromatic rings. The molecule has 4 rings (SSSR count). The number of benzene rings is 2. The third-order valence-electron chi connectivity index (χ3n) is 4.15. The van der Waals surface area contributed by atoms with E-state index in [1.54, 1.807) is 12.4 Å². The summed E-state index contributed by atoms with van der Waals surface area (Å²) in [7, 11) is 0. The summed E-state index contributed by atoms with van der Waals surface area (Å²) in [6.07, 6.45) is 1.94. The standard InChI is InChI=1S/C19H16ClN3O2/c1-11(18-9-13-8-14(20)3-5-17(13)25-18)23-19(24)7-12-2-4-15-16(6-12)22-10-21-15/h2-6,8-11H,7H2,1H3,(H,21,22)(H,23,24). The van der Waals surface area contributed by atoms with E-state index in [0.717, 1.165) is 27.6 Å². The third-order valence-corrected chi connectivity index (χ3v) is 4.39. The number of hydrogen-bond acceptors (Lipinski definition) is 3. The number of carbonyl (C=O) groups excluding carboxylic acids is 1. The van der Waals surface area contributed by atoms with Gasteiger partial charge in [0.15, 0.2) is 0 Å². The average Bonchev–Trinajstić information content (AvgIpc) is 3.20. The van der Waals surface area contributed by atoms with Crippen molar-refractivity contribution in [2.75, 3.05) is 0 Å². The molecule has 0 bridgehead atoms. The summed E-state index contributed by atoms with van der Waals surface area (Å²) in [5.41, 5.74) is 3.49. The molecule has 0 saturated heterocycles. The fourth-order valence-electron chi connectivity index (χ4n) is 2.89. The highest BCUT2D eigenvalue weighted by molar-refractivity contribution is 6.31. The Kier molecular flexibility index (Phi) is 3.93. The Bertz CT molecular complexity index is 1070. The van der Waals surface area contributed by atoms with Crippen LogP contribution in [0.1, 0.15) is 24.3 Å². The summed E-state index contributed by atoms with van der Waals surface area (Å²) in [6, 6.07) is 12.9. The third kappa shape index (κ3) is 3.23. The number of nitrogens with zero attached hydrogens (tertiary/aromatic N) is 1. The Morgan fingerprint density at radius 1 is 1.28 bits per heavy atom. The number of nitrogens with one attached hydrogen (secondary N) is 2. The zero-order valence-electron chi connectivity index (χ0n) is 13.5. The fourth-order valence-corrected chi connectivity index (χ4v) is 3.07. The minimum Gasteiger partial charge on any atom is -0.459 e. The quantitative estimate of drug-likeness (QED) is 0.572. The Morgan fingerprint density at radius 2 is 2.16 bits per heavy atom. The fraction of sp³-hybridized carbons (Fsp3) is 0.158. The lowest BCUT2D eigenvalue weighted by molar-refractivity contribution is -0.121. The Hall–Kier alpha value is -2.79. The number of halogens is 1. The van der Waals surface area contributed by atoms with Gasteiger partial charge in [0.25, 0.3) is 0 Å². The van der Waals surface area contributed by atoms with Crippen LogP contribution in [0.25, 0.3) is 22.0 Å². The summed E-state index contributed by atoms with van der Waals surface area (Å²) < 4.78 is 5.80. The largest absolute Gasteiger partial charge is 0.459 e. The molecule has 5 nitrogen and oxygen atoms in total. The van der Waals surface area contributed by atoms with Gasteiger partial charge in [0.2, 0.25) is 5.91 Å². The van der Waals surface area contributed by atoms with E-state index in [1.165, 1.54) is 0 Å². The first-order chi connectivity index (χ1) is 12.1. The Balaban J connectivity index is 1.46. The number of aromatic nitrogens is 2. The molecule has 2 N–H and O–H groups in total. The number of amides is 1. The van der Waals surface area contributed by atoms with Gasteiger partial charge in [-0.15, -0.1) is 0 Å². The molecule has 2 aromatic heterocycles. The number of furan rings is 1. The van der Waals surface area contributed by atoms with E-state index in [4.69, 9.17) is 16.0 Å². The lowest BCUT2D eigenvalue weighted by Gasteiger charge is -2.11. The van der Waals surface area contributed by atoms with Crippen LogP contribution >= 0.6 is 11.6 Å². The highest BCUT2D eigenvalue weighted by Gasteiger charge is 2.15. The van der Waals surface area contributed by atoms with Crippen molar-refractivity contribution in [1.82, 2.24) is 15.3 Å². The van der Waals surface area contributed by atoms with E-state index < -0.39 is 0 Å². The second kappa shape index (κ2) is 6.26. The molecule has 0 saturated carbocycles. The number of fused-ring (bicyclic) bond motifs is 2. The monoisotopic (exact) mass is 353 g/mol. The molecule has 0 aliphatic carbocycles. The van der Waals surface area contributed by atoms with E-state index in [2.05, 4.69) is 15.3 Å². The van der Waals surface area contributed by atoms with Crippen molar-refractivity contribution in [2.24, 2.45) is 0 Å². The maximum absolute atomic E-state index is 12.3. The lowest BCUT2D eigenvalue weighted by Crippen LogP contribution is -2.27. The summed E-state index contributed by atoms with van der Waals surface area (Å²) in [6.45, 7) is 1.90. The molecule has 0 spiro atoms. The van der Waals surface area contributed by atoms with Gasteiger partial charge >= 0.3 is 0 Å². The lowest BCUT2D eigenvalue weighted by atomic mass is 10.1. The Labute approximate surface area is 149 Å². The highest BCUT2D eigenvalue weighted by atomic mass is 35.5. The summed E-state index contributed by atoms with van der Waals surface area (Å²) >= 11 is 6.00. The molecule has 0 fully saturated rings. The van der Waals surface area contributed by atoms with Gasteiger partial charge in [-0.2, -0.15) is 0 Å². The van der Waals surface area contributed by atoms with Gasteiger partial charge in [-0.05, 0) is 48.9 Å². The predicted octanol–water partition coefficient (Wildman–Crippen LogP) is 4.38. The second-order valence-electron chi connectivity index (χ2n) is 6.05. The van der Waals surface area contributed by atoms with E-state index in [-0.39, 0.29) is 11.9 Å². The van der Waals surface area contributed by atoms with Gasteiger partial charge < -0.3 is 14.7 Å². The molecule has 1 unspecified atom stereocenters. The van der Waals surface area contributed by atoms with E-state index in [9.17, 15) is 4.79 Å². The highest BCUT2D eigenvalue weighted by Crippen LogP contribution is 2.26.